The van der Waals surface area contributed by atoms with Gasteiger partial charge >= 0.3 is 0 Å². The molecule has 1 saturated heterocycles. The number of halogens is 1. The Balaban J connectivity index is 1.63. The van der Waals surface area contributed by atoms with Gasteiger partial charge in [0.05, 0.1) is 13.7 Å². The van der Waals surface area contributed by atoms with E-state index in [1.165, 1.54) is 6.07 Å². The normalized spacial score (nSPS) is 22.1. The SMILES string of the molecule is COc1cccc([CH]N2C[C@@H](C)N(Cc3cccc(F)c3)C[C@@H]2C)c1. The Kier molecular flexibility index (Phi) is 5.71. The Morgan fingerprint density at radius 1 is 1.08 bits per heavy atom. The highest BCUT2D eigenvalue weighted by atomic mass is 19.1. The molecule has 25 heavy (non-hydrogen) atoms. The molecule has 3 rings (SSSR count). The van der Waals surface area contributed by atoms with Crippen molar-refractivity contribution in [1.29, 1.82) is 0 Å². The standard InChI is InChI=1S/C21H26FN2O/c1-16-13-24(15-19-7-5-9-21(11-19)25-3)17(2)12-23(16)14-18-6-4-8-20(22)10-18/h4-11,15-17H,12-14H2,1-3H3/t16-,17+/m1/s1. The number of piperazine rings is 1. The Morgan fingerprint density at radius 2 is 1.88 bits per heavy atom. The maximum Gasteiger partial charge on any atom is 0.123 e. The summed E-state index contributed by atoms with van der Waals surface area (Å²) >= 11 is 0. The van der Waals surface area contributed by atoms with E-state index in [-0.39, 0.29) is 5.82 Å². The summed E-state index contributed by atoms with van der Waals surface area (Å²) < 4.78 is 18.7. The lowest BCUT2D eigenvalue weighted by atomic mass is 10.1. The molecule has 1 aliphatic rings. The summed E-state index contributed by atoms with van der Waals surface area (Å²) in [5.41, 5.74) is 2.18. The predicted molar refractivity (Wildman–Crippen MR) is 98.8 cm³/mol. The first kappa shape index (κ1) is 17.9. The molecule has 0 N–H and O–H groups in total. The van der Waals surface area contributed by atoms with Gasteiger partial charge in [-0.15, -0.1) is 0 Å². The van der Waals surface area contributed by atoms with Gasteiger partial charge in [0.15, 0.2) is 0 Å². The van der Waals surface area contributed by atoms with E-state index < -0.39 is 0 Å². The van der Waals surface area contributed by atoms with Gasteiger partial charge in [-0.2, -0.15) is 0 Å². The van der Waals surface area contributed by atoms with E-state index >= 15 is 0 Å². The zero-order valence-corrected chi connectivity index (χ0v) is 15.2. The Morgan fingerprint density at radius 3 is 2.64 bits per heavy atom. The van der Waals surface area contributed by atoms with Crippen molar-refractivity contribution in [2.24, 2.45) is 0 Å². The minimum Gasteiger partial charge on any atom is -0.497 e. The summed E-state index contributed by atoms with van der Waals surface area (Å²) in [6.45, 7) is 9.38. The van der Waals surface area contributed by atoms with Crippen LogP contribution in [0, 0.1) is 12.4 Å². The first-order valence-electron chi connectivity index (χ1n) is 8.78. The summed E-state index contributed by atoms with van der Waals surface area (Å²) in [6.07, 6.45) is 0. The summed E-state index contributed by atoms with van der Waals surface area (Å²) in [4.78, 5) is 4.82. The lowest BCUT2D eigenvalue weighted by Crippen LogP contribution is -2.54. The quantitative estimate of drug-likeness (QED) is 0.819. The molecule has 2 aromatic carbocycles. The molecule has 3 nitrogen and oxygen atoms in total. The van der Waals surface area contributed by atoms with Gasteiger partial charge in [-0.1, -0.05) is 24.3 Å². The van der Waals surface area contributed by atoms with Crippen molar-refractivity contribution in [2.45, 2.75) is 32.5 Å². The minimum atomic E-state index is -0.164. The van der Waals surface area contributed by atoms with Crippen LogP contribution in [-0.4, -0.2) is 42.1 Å². The number of hydrogen-bond acceptors (Lipinski definition) is 3. The van der Waals surface area contributed by atoms with E-state index in [4.69, 9.17) is 4.74 Å². The van der Waals surface area contributed by atoms with E-state index in [9.17, 15) is 4.39 Å². The zero-order chi connectivity index (χ0) is 17.8. The second-order valence-electron chi connectivity index (χ2n) is 6.86. The molecule has 0 spiro atoms. The van der Waals surface area contributed by atoms with E-state index in [2.05, 4.69) is 42.3 Å². The highest BCUT2D eigenvalue weighted by Crippen LogP contribution is 2.23. The topological polar surface area (TPSA) is 15.7 Å². The maximum absolute atomic E-state index is 13.4. The van der Waals surface area contributed by atoms with Crippen molar-refractivity contribution in [3.05, 3.63) is 72.0 Å². The van der Waals surface area contributed by atoms with Crippen LogP contribution >= 0.6 is 0 Å². The summed E-state index contributed by atoms with van der Waals surface area (Å²) in [5.74, 6) is 0.711. The largest absolute Gasteiger partial charge is 0.497 e. The van der Waals surface area contributed by atoms with Crippen LogP contribution in [0.25, 0.3) is 0 Å². The number of ether oxygens (including phenoxy) is 1. The van der Waals surface area contributed by atoms with Gasteiger partial charge in [0, 0.05) is 31.7 Å². The van der Waals surface area contributed by atoms with Gasteiger partial charge in [0.1, 0.15) is 11.6 Å². The summed E-state index contributed by atoms with van der Waals surface area (Å²) in [7, 11) is 1.69. The molecule has 133 valence electrons. The second-order valence-corrected chi connectivity index (χ2v) is 6.86. The fourth-order valence-electron chi connectivity index (χ4n) is 3.41. The molecule has 4 heteroatoms. The first-order chi connectivity index (χ1) is 12.0. The molecule has 1 radical (unpaired) electrons. The fourth-order valence-corrected chi connectivity index (χ4v) is 3.41. The molecule has 0 aliphatic carbocycles. The molecule has 0 bridgehead atoms. The van der Waals surface area contributed by atoms with Crippen LogP contribution < -0.4 is 4.74 Å². The molecule has 1 heterocycles. The lowest BCUT2D eigenvalue weighted by Gasteiger charge is -2.44. The van der Waals surface area contributed by atoms with Crippen LogP contribution in [0.4, 0.5) is 4.39 Å². The van der Waals surface area contributed by atoms with Gasteiger partial charge in [-0.25, -0.2) is 4.39 Å². The molecule has 0 amide bonds. The second kappa shape index (κ2) is 7.98. The highest BCUT2D eigenvalue weighted by Gasteiger charge is 2.29. The van der Waals surface area contributed by atoms with Crippen molar-refractivity contribution in [3.63, 3.8) is 0 Å². The third-order valence-corrected chi connectivity index (χ3v) is 4.85. The van der Waals surface area contributed by atoms with Crippen LogP contribution in [0.5, 0.6) is 5.75 Å². The van der Waals surface area contributed by atoms with Gasteiger partial charge in [0.25, 0.3) is 0 Å². The van der Waals surface area contributed by atoms with Crippen LogP contribution in [0.1, 0.15) is 25.0 Å². The van der Waals surface area contributed by atoms with Gasteiger partial charge in [-0.3, -0.25) is 9.80 Å². The molecule has 0 unspecified atom stereocenters. The molecule has 1 aliphatic heterocycles. The Labute approximate surface area is 150 Å². The maximum atomic E-state index is 13.4. The van der Waals surface area contributed by atoms with Crippen molar-refractivity contribution < 1.29 is 9.13 Å². The molecule has 1 fully saturated rings. The fraction of sp³-hybridized carbons (Fsp3) is 0.381. The molecule has 0 aromatic heterocycles. The van der Waals surface area contributed by atoms with Crippen LogP contribution in [-0.2, 0) is 6.54 Å². The Hall–Kier alpha value is -1.91. The van der Waals surface area contributed by atoms with E-state index in [1.807, 2.05) is 18.2 Å². The van der Waals surface area contributed by atoms with E-state index in [0.717, 1.165) is 36.5 Å². The average Bonchev–Trinajstić information content (AvgIpc) is 2.59. The summed E-state index contributed by atoms with van der Waals surface area (Å²) in [6, 6.07) is 15.8. The van der Waals surface area contributed by atoms with Crippen LogP contribution in [0.15, 0.2) is 48.5 Å². The van der Waals surface area contributed by atoms with Crippen molar-refractivity contribution in [3.8, 4) is 5.75 Å². The van der Waals surface area contributed by atoms with E-state index in [0.29, 0.717) is 12.1 Å². The third kappa shape index (κ3) is 4.59. The molecular formula is C21H26FN2O. The van der Waals surface area contributed by atoms with Crippen molar-refractivity contribution in [1.82, 2.24) is 9.80 Å². The van der Waals surface area contributed by atoms with Gasteiger partial charge in [-0.05, 0) is 49.2 Å². The number of hydrogen-bond donors (Lipinski definition) is 0. The molecule has 2 atom stereocenters. The van der Waals surface area contributed by atoms with E-state index in [1.54, 1.807) is 19.2 Å². The average molecular weight is 341 g/mol. The van der Waals surface area contributed by atoms with Crippen LogP contribution in [0.3, 0.4) is 0 Å². The Bertz CT molecular complexity index is 706. The predicted octanol–water partition coefficient (Wildman–Crippen LogP) is 3.94. The number of benzene rings is 2. The molecule has 0 saturated carbocycles. The zero-order valence-electron chi connectivity index (χ0n) is 15.2. The minimum absolute atomic E-state index is 0.164. The number of methoxy groups -OCH3 is 1. The first-order valence-corrected chi connectivity index (χ1v) is 8.78. The highest BCUT2D eigenvalue weighted by molar-refractivity contribution is 5.32. The molecule has 2 aromatic rings. The van der Waals surface area contributed by atoms with Crippen molar-refractivity contribution in [2.75, 3.05) is 20.2 Å². The lowest BCUT2D eigenvalue weighted by molar-refractivity contribution is 0.0585. The monoisotopic (exact) mass is 341 g/mol. The number of nitrogens with zero attached hydrogens (tertiary/aromatic N) is 2. The third-order valence-electron chi connectivity index (χ3n) is 4.85. The number of rotatable bonds is 5. The van der Waals surface area contributed by atoms with Gasteiger partial charge < -0.3 is 4.74 Å². The van der Waals surface area contributed by atoms with Gasteiger partial charge in [0.2, 0.25) is 0 Å². The smallest absolute Gasteiger partial charge is 0.123 e. The van der Waals surface area contributed by atoms with Crippen molar-refractivity contribution >= 4 is 0 Å². The summed E-state index contributed by atoms with van der Waals surface area (Å²) in [5, 5.41) is 0. The molecular weight excluding hydrogens is 315 g/mol. The van der Waals surface area contributed by atoms with Crippen LogP contribution in [0.2, 0.25) is 0 Å².